The molecular formula is C13H17ClN2O2. The fourth-order valence-corrected chi connectivity index (χ4v) is 2.64. The van der Waals surface area contributed by atoms with Crippen LogP contribution in [0.3, 0.4) is 0 Å². The predicted molar refractivity (Wildman–Crippen MR) is 71.2 cm³/mol. The third-order valence-electron chi connectivity index (χ3n) is 3.66. The summed E-state index contributed by atoms with van der Waals surface area (Å²) in [6, 6.07) is 1.76. The number of pyridine rings is 1. The van der Waals surface area contributed by atoms with Crippen molar-refractivity contribution in [2.24, 2.45) is 5.41 Å². The number of hydrogen-bond donors (Lipinski definition) is 2. The van der Waals surface area contributed by atoms with Crippen molar-refractivity contribution in [2.75, 3.05) is 5.32 Å². The first-order valence-corrected chi connectivity index (χ1v) is 6.43. The molecule has 1 saturated carbocycles. The smallest absolute Gasteiger partial charge is 0.337 e. The second-order valence-corrected chi connectivity index (χ2v) is 5.84. The van der Waals surface area contributed by atoms with Crippen LogP contribution in [0.5, 0.6) is 0 Å². The van der Waals surface area contributed by atoms with E-state index < -0.39 is 5.97 Å². The van der Waals surface area contributed by atoms with Gasteiger partial charge < -0.3 is 10.4 Å². The fourth-order valence-electron chi connectivity index (χ4n) is 2.42. The summed E-state index contributed by atoms with van der Waals surface area (Å²) in [4.78, 5) is 14.9. The summed E-state index contributed by atoms with van der Waals surface area (Å²) in [6.45, 7) is 4.44. The third kappa shape index (κ3) is 2.58. The van der Waals surface area contributed by atoms with Gasteiger partial charge >= 0.3 is 5.97 Å². The molecule has 1 aliphatic rings. The summed E-state index contributed by atoms with van der Waals surface area (Å²) in [5, 5.41) is 12.5. The monoisotopic (exact) mass is 268 g/mol. The van der Waals surface area contributed by atoms with Crippen molar-refractivity contribution in [3.05, 3.63) is 22.8 Å². The molecule has 2 N–H and O–H groups in total. The average molecular weight is 269 g/mol. The highest BCUT2D eigenvalue weighted by atomic mass is 35.5. The maximum atomic E-state index is 10.8. The number of rotatable bonds is 3. The fraction of sp³-hybridized carbons (Fsp3) is 0.538. The van der Waals surface area contributed by atoms with Crippen molar-refractivity contribution >= 4 is 23.4 Å². The standard InChI is InChI=1S/C13H17ClN2O2/c1-13(2)5-3-4-10(13)16-11-9(14)6-8(7-15-11)12(17)18/h6-7,10H,3-5H2,1-2H3,(H,15,16)(H,17,18). The van der Waals surface area contributed by atoms with E-state index in [9.17, 15) is 4.79 Å². The second-order valence-electron chi connectivity index (χ2n) is 5.44. The summed E-state index contributed by atoms with van der Waals surface area (Å²) in [5.41, 5.74) is 0.326. The van der Waals surface area contributed by atoms with Gasteiger partial charge in [-0.2, -0.15) is 0 Å². The molecule has 0 radical (unpaired) electrons. The molecule has 0 aliphatic heterocycles. The molecule has 0 aromatic carbocycles. The van der Waals surface area contributed by atoms with Gasteiger partial charge in [-0.1, -0.05) is 31.9 Å². The van der Waals surface area contributed by atoms with Gasteiger partial charge in [-0.15, -0.1) is 0 Å². The van der Waals surface area contributed by atoms with Gasteiger partial charge in [0.15, 0.2) is 0 Å². The van der Waals surface area contributed by atoms with E-state index in [1.165, 1.54) is 25.1 Å². The van der Waals surface area contributed by atoms with E-state index >= 15 is 0 Å². The van der Waals surface area contributed by atoms with Crippen LogP contribution in [-0.2, 0) is 0 Å². The molecule has 4 nitrogen and oxygen atoms in total. The van der Waals surface area contributed by atoms with Crippen LogP contribution in [0.2, 0.25) is 5.02 Å². The zero-order valence-electron chi connectivity index (χ0n) is 10.5. The van der Waals surface area contributed by atoms with Crippen molar-refractivity contribution in [1.82, 2.24) is 4.98 Å². The molecule has 1 unspecified atom stereocenters. The van der Waals surface area contributed by atoms with E-state index in [-0.39, 0.29) is 11.0 Å². The Balaban J connectivity index is 2.17. The maximum Gasteiger partial charge on any atom is 0.337 e. The zero-order chi connectivity index (χ0) is 13.3. The number of nitrogens with one attached hydrogen (secondary N) is 1. The van der Waals surface area contributed by atoms with Crippen molar-refractivity contribution in [3.8, 4) is 0 Å². The summed E-state index contributed by atoms with van der Waals surface area (Å²) in [7, 11) is 0. The molecule has 0 amide bonds. The summed E-state index contributed by atoms with van der Waals surface area (Å²) in [5.74, 6) is -0.446. The van der Waals surface area contributed by atoms with Crippen LogP contribution in [-0.4, -0.2) is 22.1 Å². The van der Waals surface area contributed by atoms with Gasteiger partial charge in [-0.25, -0.2) is 9.78 Å². The number of hydrogen-bond acceptors (Lipinski definition) is 3. The minimum Gasteiger partial charge on any atom is -0.478 e. The normalized spacial score (nSPS) is 21.8. The number of anilines is 1. The van der Waals surface area contributed by atoms with E-state index in [0.29, 0.717) is 16.9 Å². The van der Waals surface area contributed by atoms with Crippen LogP contribution in [0, 0.1) is 5.41 Å². The summed E-state index contributed by atoms with van der Waals surface area (Å²) in [6.07, 6.45) is 4.79. The first kappa shape index (κ1) is 13.1. The van der Waals surface area contributed by atoms with Gasteiger partial charge in [-0.05, 0) is 24.3 Å². The number of aromatic carboxylic acids is 1. The van der Waals surface area contributed by atoms with E-state index in [2.05, 4.69) is 24.1 Å². The number of aromatic nitrogens is 1. The molecule has 0 spiro atoms. The molecule has 5 heteroatoms. The predicted octanol–water partition coefficient (Wildman–Crippen LogP) is 3.42. The van der Waals surface area contributed by atoms with Crippen LogP contribution in [0.4, 0.5) is 5.82 Å². The van der Waals surface area contributed by atoms with Crippen LogP contribution in [0.1, 0.15) is 43.5 Å². The lowest BCUT2D eigenvalue weighted by molar-refractivity contribution is 0.0696. The Kier molecular flexibility index (Phi) is 3.48. The average Bonchev–Trinajstić information content (AvgIpc) is 2.61. The molecule has 18 heavy (non-hydrogen) atoms. The quantitative estimate of drug-likeness (QED) is 0.882. The van der Waals surface area contributed by atoms with Crippen LogP contribution >= 0.6 is 11.6 Å². The van der Waals surface area contributed by atoms with Crippen LogP contribution in [0.15, 0.2) is 12.3 Å². The number of carboxylic acid groups (broad SMARTS) is 1. The Morgan fingerprint density at radius 3 is 2.83 bits per heavy atom. The topological polar surface area (TPSA) is 62.2 Å². The molecule has 0 saturated heterocycles. The Morgan fingerprint density at radius 1 is 1.61 bits per heavy atom. The van der Waals surface area contributed by atoms with Crippen molar-refractivity contribution in [1.29, 1.82) is 0 Å². The molecule has 0 bridgehead atoms. The Bertz CT molecular complexity index is 474. The molecule has 1 fully saturated rings. The van der Waals surface area contributed by atoms with Gasteiger partial charge in [0.2, 0.25) is 0 Å². The molecule has 1 aromatic heterocycles. The highest BCUT2D eigenvalue weighted by Gasteiger charge is 2.34. The Labute approximate surface area is 111 Å². The first-order valence-electron chi connectivity index (χ1n) is 6.05. The molecule has 98 valence electrons. The number of carbonyl (C=O) groups is 1. The molecule has 1 aromatic rings. The van der Waals surface area contributed by atoms with Crippen LogP contribution in [0.25, 0.3) is 0 Å². The van der Waals surface area contributed by atoms with Gasteiger partial charge in [-0.3, -0.25) is 0 Å². The maximum absolute atomic E-state index is 10.8. The van der Waals surface area contributed by atoms with E-state index in [0.717, 1.165) is 6.42 Å². The zero-order valence-corrected chi connectivity index (χ0v) is 11.3. The Morgan fingerprint density at radius 2 is 2.33 bits per heavy atom. The third-order valence-corrected chi connectivity index (χ3v) is 3.94. The first-order chi connectivity index (χ1) is 8.40. The SMILES string of the molecule is CC1(C)CCCC1Nc1ncc(C(=O)O)cc1Cl. The molecule has 1 aliphatic carbocycles. The van der Waals surface area contributed by atoms with Crippen LogP contribution < -0.4 is 5.32 Å². The van der Waals surface area contributed by atoms with E-state index in [4.69, 9.17) is 16.7 Å². The van der Waals surface area contributed by atoms with Gasteiger partial charge in [0.1, 0.15) is 5.82 Å². The molecular weight excluding hydrogens is 252 g/mol. The van der Waals surface area contributed by atoms with Crippen molar-refractivity contribution in [2.45, 2.75) is 39.2 Å². The Hall–Kier alpha value is -1.29. The largest absolute Gasteiger partial charge is 0.478 e. The molecule has 1 atom stereocenters. The minimum absolute atomic E-state index is 0.108. The highest BCUT2D eigenvalue weighted by molar-refractivity contribution is 6.33. The van der Waals surface area contributed by atoms with Gasteiger partial charge in [0.25, 0.3) is 0 Å². The number of carboxylic acids is 1. The van der Waals surface area contributed by atoms with Crippen molar-refractivity contribution in [3.63, 3.8) is 0 Å². The summed E-state index contributed by atoms with van der Waals surface area (Å²) < 4.78 is 0. The summed E-state index contributed by atoms with van der Waals surface area (Å²) >= 11 is 6.06. The van der Waals surface area contributed by atoms with Gasteiger partial charge in [0, 0.05) is 12.2 Å². The van der Waals surface area contributed by atoms with Gasteiger partial charge in [0.05, 0.1) is 10.6 Å². The lowest BCUT2D eigenvalue weighted by Gasteiger charge is -2.28. The van der Waals surface area contributed by atoms with E-state index in [1.54, 1.807) is 0 Å². The minimum atomic E-state index is -1.02. The van der Waals surface area contributed by atoms with Crippen molar-refractivity contribution < 1.29 is 9.90 Å². The second kappa shape index (κ2) is 4.76. The lowest BCUT2D eigenvalue weighted by atomic mass is 9.87. The number of halogens is 1. The lowest BCUT2D eigenvalue weighted by Crippen LogP contribution is -2.31. The number of nitrogens with zero attached hydrogens (tertiary/aromatic N) is 1. The molecule has 2 rings (SSSR count). The molecule has 1 heterocycles. The van der Waals surface area contributed by atoms with E-state index in [1.807, 2.05) is 0 Å². The highest BCUT2D eigenvalue weighted by Crippen LogP contribution is 2.39.